The first-order valence-electron chi connectivity index (χ1n) is 8.36. The third-order valence-electron chi connectivity index (χ3n) is 4.56. The van der Waals surface area contributed by atoms with Gasteiger partial charge in [0.1, 0.15) is 5.75 Å². The van der Waals surface area contributed by atoms with Gasteiger partial charge in [-0.05, 0) is 67.8 Å². The SMILES string of the molecule is CCCNC1CCCc2cc(OCCC3CC3)ccc21. The van der Waals surface area contributed by atoms with Crippen molar-refractivity contribution in [3.8, 4) is 5.75 Å². The molecule has 0 heterocycles. The molecule has 0 bridgehead atoms. The van der Waals surface area contributed by atoms with E-state index in [0.717, 1.165) is 24.8 Å². The average Bonchev–Trinajstić information content (AvgIpc) is 3.29. The molecule has 0 radical (unpaired) electrons. The Morgan fingerprint density at radius 2 is 2.15 bits per heavy atom. The van der Waals surface area contributed by atoms with E-state index in [1.54, 1.807) is 0 Å². The Balaban J connectivity index is 1.61. The molecule has 1 aromatic rings. The largest absolute Gasteiger partial charge is 0.494 e. The average molecular weight is 273 g/mol. The molecule has 1 atom stereocenters. The predicted molar refractivity (Wildman–Crippen MR) is 83.3 cm³/mol. The molecule has 2 heteroatoms. The highest BCUT2D eigenvalue weighted by molar-refractivity contribution is 5.39. The van der Waals surface area contributed by atoms with E-state index in [4.69, 9.17) is 4.74 Å². The maximum absolute atomic E-state index is 5.92. The molecule has 1 fully saturated rings. The van der Waals surface area contributed by atoms with Crippen LogP contribution in [-0.2, 0) is 6.42 Å². The van der Waals surface area contributed by atoms with Crippen molar-refractivity contribution in [3.05, 3.63) is 29.3 Å². The first-order chi connectivity index (χ1) is 9.86. The second-order valence-corrected chi connectivity index (χ2v) is 6.34. The van der Waals surface area contributed by atoms with E-state index in [1.807, 2.05) is 0 Å². The molecule has 3 rings (SSSR count). The van der Waals surface area contributed by atoms with Crippen LogP contribution in [0.2, 0.25) is 0 Å². The Labute approximate surface area is 122 Å². The van der Waals surface area contributed by atoms with Crippen LogP contribution in [0.4, 0.5) is 0 Å². The van der Waals surface area contributed by atoms with Crippen molar-refractivity contribution in [1.82, 2.24) is 5.32 Å². The van der Waals surface area contributed by atoms with E-state index in [2.05, 4.69) is 30.4 Å². The highest BCUT2D eigenvalue weighted by Crippen LogP contribution is 2.34. The van der Waals surface area contributed by atoms with Crippen LogP contribution in [0.1, 0.15) is 62.6 Å². The molecule has 1 aromatic carbocycles. The zero-order valence-electron chi connectivity index (χ0n) is 12.7. The third-order valence-corrected chi connectivity index (χ3v) is 4.56. The van der Waals surface area contributed by atoms with Crippen molar-refractivity contribution in [2.45, 2.75) is 57.9 Å². The Kier molecular flexibility index (Phi) is 4.62. The van der Waals surface area contributed by atoms with E-state index >= 15 is 0 Å². The first kappa shape index (κ1) is 13.9. The Hall–Kier alpha value is -1.02. The van der Waals surface area contributed by atoms with E-state index < -0.39 is 0 Å². The second-order valence-electron chi connectivity index (χ2n) is 6.34. The van der Waals surface area contributed by atoms with Gasteiger partial charge in [-0.25, -0.2) is 0 Å². The van der Waals surface area contributed by atoms with Crippen LogP contribution in [-0.4, -0.2) is 13.2 Å². The fraction of sp³-hybridized carbons (Fsp3) is 0.667. The quantitative estimate of drug-likeness (QED) is 0.802. The lowest BCUT2D eigenvalue weighted by molar-refractivity contribution is 0.301. The fourth-order valence-electron chi connectivity index (χ4n) is 3.16. The van der Waals surface area contributed by atoms with Crippen molar-refractivity contribution in [2.24, 2.45) is 5.92 Å². The molecule has 2 nitrogen and oxygen atoms in total. The minimum Gasteiger partial charge on any atom is -0.494 e. The molecule has 0 saturated heterocycles. The standard InChI is InChI=1S/C18H27NO/c1-2-11-19-18-5-3-4-15-13-16(8-9-17(15)18)20-12-10-14-6-7-14/h8-9,13-14,18-19H,2-7,10-12H2,1H3. The highest BCUT2D eigenvalue weighted by Gasteiger charge is 2.22. The minimum absolute atomic E-state index is 0.555. The molecule has 1 N–H and O–H groups in total. The summed E-state index contributed by atoms with van der Waals surface area (Å²) in [6.07, 6.45) is 9.04. The van der Waals surface area contributed by atoms with Crippen LogP contribution >= 0.6 is 0 Å². The summed E-state index contributed by atoms with van der Waals surface area (Å²) in [6, 6.07) is 7.28. The number of nitrogens with one attached hydrogen (secondary N) is 1. The molecule has 110 valence electrons. The molecule has 0 spiro atoms. The van der Waals surface area contributed by atoms with E-state index in [1.165, 1.54) is 56.1 Å². The van der Waals surface area contributed by atoms with Crippen LogP contribution in [0.15, 0.2) is 18.2 Å². The van der Waals surface area contributed by atoms with Crippen LogP contribution in [0.25, 0.3) is 0 Å². The van der Waals surface area contributed by atoms with Gasteiger partial charge < -0.3 is 10.1 Å². The van der Waals surface area contributed by atoms with Crippen LogP contribution in [0.5, 0.6) is 5.75 Å². The van der Waals surface area contributed by atoms with Gasteiger partial charge in [-0.3, -0.25) is 0 Å². The Morgan fingerprint density at radius 1 is 1.25 bits per heavy atom. The molecule has 1 saturated carbocycles. The summed E-state index contributed by atoms with van der Waals surface area (Å²) in [6.45, 7) is 4.23. The molecular weight excluding hydrogens is 246 g/mol. The van der Waals surface area contributed by atoms with Gasteiger partial charge in [0, 0.05) is 6.04 Å². The molecular formula is C18H27NO. The number of fused-ring (bicyclic) bond motifs is 1. The fourth-order valence-corrected chi connectivity index (χ4v) is 3.16. The van der Waals surface area contributed by atoms with E-state index in [0.29, 0.717) is 6.04 Å². The van der Waals surface area contributed by atoms with E-state index in [-0.39, 0.29) is 0 Å². The van der Waals surface area contributed by atoms with Crippen LogP contribution in [0, 0.1) is 5.92 Å². The van der Waals surface area contributed by atoms with Crippen molar-refractivity contribution in [2.75, 3.05) is 13.2 Å². The number of ether oxygens (including phenoxy) is 1. The second kappa shape index (κ2) is 6.62. The zero-order chi connectivity index (χ0) is 13.8. The normalized spacial score (nSPS) is 21.6. The summed E-state index contributed by atoms with van der Waals surface area (Å²) in [7, 11) is 0. The van der Waals surface area contributed by atoms with Gasteiger partial charge in [-0.1, -0.05) is 25.8 Å². The maximum Gasteiger partial charge on any atom is 0.119 e. The van der Waals surface area contributed by atoms with Crippen molar-refractivity contribution in [1.29, 1.82) is 0 Å². The van der Waals surface area contributed by atoms with Gasteiger partial charge in [0.2, 0.25) is 0 Å². The van der Waals surface area contributed by atoms with Gasteiger partial charge in [-0.15, -0.1) is 0 Å². The highest BCUT2D eigenvalue weighted by atomic mass is 16.5. The topological polar surface area (TPSA) is 21.3 Å². The number of benzene rings is 1. The number of hydrogen-bond donors (Lipinski definition) is 1. The Morgan fingerprint density at radius 3 is 2.95 bits per heavy atom. The lowest BCUT2D eigenvalue weighted by Crippen LogP contribution is -2.25. The van der Waals surface area contributed by atoms with Crippen molar-refractivity contribution >= 4 is 0 Å². The van der Waals surface area contributed by atoms with Gasteiger partial charge >= 0.3 is 0 Å². The monoisotopic (exact) mass is 273 g/mol. The molecule has 1 unspecified atom stereocenters. The summed E-state index contributed by atoms with van der Waals surface area (Å²) >= 11 is 0. The summed E-state index contributed by atoms with van der Waals surface area (Å²) < 4.78 is 5.92. The van der Waals surface area contributed by atoms with Gasteiger partial charge in [0.25, 0.3) is 0 Å². The number of aryl methyl sites for hydroxylation is 1. The van der Waals surface area contributed by atoms with Gasteiger partial charge in [-0.2, -0.15) is 0 Å². The lowest BCUT2D eigenvalue weighted by atomic mass is 9.87. The summed E-state index contributed by atoms with van der Waals surface area (Å²) in [5.74, 6) is 2.02. The van der Waals surface area contributed by atoms with Gasteiger partial charge in [0.05, 0.1) is 6.61 Å². The molecule has 0 amide bonds. The molecule has 0 aromatic heterocycles. The number of hydrogen-bond acceptors (Lipinski definition) is 2. The minimum atomic E-state index is 0.555. The van der Waals surface area contributed by atoms with E-state index in [9.17, 15) is 0 Å². The molecule has 2 aliphatic rings. The van der Waals surface area contributed by atoms with Crippen molar-refractivity contribution < 1.29 is 4.74 Å². The summed E-state index contributed by atoms with van der Waals surface area (Å²) in [4.78, 5) is 0. The number of rotatable bonds is 7. The van der Waals surface area contributed by atoms with Crippen molar-refractivity contribution in [3.63, 3.8) is 0 Å². The van der Waals surface area contributed by atoms with Crippen LogP contribution < -0.4 is 10.1 Å². The smallest absolute Gasteiger partial charge is 0.119 e. The molecule has 0 aliphatic heterocycles. The summed E-state index contributed by atoms with van der Waals surface area (Å²) in [5, 5.41) is 3.67. The lowest BCUT2D eigenvalue weighted by Gasteiger charge is -2.27. The van der Waals surface area contributed by atoms with Crippen LogP contribution in [0.3, 0.4) is 0 Å². The Bertz CT molecular complexity index is 439. The third kappa shape index (κ3) is 3.54. The summed E-state index contributed by atoms with van der Waals surface area (Å²) in [5.41, 5.74) is 2.99. The maximum atomic E-state index is 5.92. The first-order valence-corrected chi connectivity index (χ1v) is 8.36. The zero-order valence-corrected chi connectivity index (χ0v) is 12.7. The van der Waals surface area contributed by atoms with Gasteiger partial charge in [0.15, 0.2) is 0 Å². The molecule has 20 heavy (non-hydrogen) atoms. The molecule has 2 aliphatic carbocycles. The predicted octanol–water partition coefficient (Wildman–Crippen LogP) is 4.24.